The molecule has 0 bridgehead atoms. The van der Waals surface area contributed by atoms with Gasteiger partial charge in [-0.25, -0.2) is 14.3 Å². The molecule has 4 heterocycles. The lowest BCUT2D eigenvalue weighted by atomic mass is 9.98. The van der Waals surface area contributed by atoms with Crippen LogP contribution in [0.2, 0.25) is 0 Å². The van der Waals surface area contributed by atoms with E-state index < -0.39 is 11.9 Å². The topological polar surface area (TPSA) is 101 Å². The number of urea groups is 1. The third kappa shape index (κ3) is 2.72. The minimum absolute atomic E-state index is 0.239. The molecule has 8 nitrogen and oxygen atoms in total. The monoisotopic (exact) mass is 398 g/mol. The summed E-state index contributed by atoms with van der Waals surface area (Å²) in [6.07, 6.45) is 6.34. The Bertz CT molecular complexity index is 1330. The highest BCUT2D eigenvalue weighted by molar-refractivity contribution is 6.00. The number of nitrogens with zero attached hydrogens (tertiary/aromatic N) is 4. The van der Waals surface area contributed by atoms with E-state index in [0.29, 0.717) is 17.5 Å². The van der Waals surface area contributed by atoms with Crippen molar-refractivity contribution in [3.8, 4) is 0 Å². The van der Waals surface area contributed by atoms with Gasteiger partial charge >= 0.3 is 6.03 Å². The third-order valence-electron chi connectivity index (χ3n) is 6.03. The van der Waals surface area contributed by atoms with Crippen molar-refractivity contribution in [1.29, 1.82) is 0 Å². The SMILES string of the molecule is O=C1NCC(c2cc([C@H]3C[C@@H]3c3ccc4ncccc4c3)c3nccn3n2)C(=O)N1. The summed E-state index contributed by atoms with van der Waals surface area (Å²) < 4.78 is 1.73. The molecule has 148 valence electrons. The molecule has 30 heavy (non-hydrogen) atoms. The van der Waals surface area contributed by atoms with Crippen molar-refractivity contribution >= 4 is 28.5 Å². The van der Waals surface area contributed by atoms with E-state index >= 15 is 0 Å². The Morgan fingerprint density at radius 3 is 2.87 bits per heavy atom. The Kier molecular flexibility index (Phi) is 3.61. The number of carbonyl (C=O) groups is 2. The van der Waals surface area contributed by atoms with Crippen LogP contribution < -0.4 is 10.6 Å². The molecule has 1 unspecified atom stereocenters. The van der Waals surface area contributed by atoms with Crippen molar-refractivity contribution in [2.75, 3.05) is 6.54 Å². The van der Waals surface area contributed by atoms with Crippen LogP contribution in [0, 0.1) is 0 Å². The molecule has 1 saturated heterocycles. The zero-order valence-corrected chi connectivity index (χ0v) is 15.9. The first kappa shape index (κ1) is 17.1. The molecule has 2 fully saturated rings. The lowest BCUT2D eigenvalue weighted by Gasteiger charge is -2.22. The predicted molar refractivity (Wildman–Crippen MR) is 109 cm³/mol. The molecule has 8 heteroatoms. The number of aromatic nitrogens is 4. The van der Waals surface area contributed by atoms with Crippen molar-refractivity contribution in [3.05, 3.63) is 71.8 Å². The van der Waals surface area contributed by atoms with Crippen LogP contribution in [0.4, 0.5) is 4.79 Å². The molecule has 3 amide bonds. The second kappa shape index (κ2) is 6.35. The normalized spacial score (nSPS) is 23.4. The van der Waals surface area contributed by atoms with Gasteiger partial charge in [-0.15, -0.1) is 0 Å². The van der Waals surface area contributed by atoms with Gasteiger partial charge in [-0.05, 0) is 48.1 Å². The summed E-state index contributed by atoms with van der Waals surface area (Å²) in [4.78, 5) is 32.7. The van der Waals surface area contributed by atoms with Gasteiger partial charge in [0.1, 0.15) is 0 Å². The lowest BCUT2D eigenvalue weighted by molar-refractivity contribution is -0.122. The van der Waals surface area contributed by atoms with Crippen molar-refractivity contribution < 1.29 is 9.59 Å². The van der Waals surface area contributed by atoms with Gasteiger partial charge in [0.15, 0.2) is 5.65 Å². The minimum atomic E-state index is -0.516. The van der Waals surface area contributed by atoms with Gasteiger partial charge in [0.2, 0.25) is 5.91 Å². The van der Waals surface area contributed by atoms with E-state index in [1.807, 2.05) is 12.1 Å². The predicted octanol–water partition coefficient (Wildman–Crippen LogP) is 2.47. The van der Waals surface area contributed by atoms with Gasteiger partial charge in [-0.2, -0.15) is 5.10 Å². The molecule has 1 aliphatic heterocycles. The van der Waals surface area contributed by atoms with E-state index in [-0.39, 0.29) is 12.5 Å². The summed E-state index contributed by atoms with van der Waals surface area (Å²) in [5, 5.41) is 10.7. The standard InChI is InChI=1S/C22H18N6O2/c29-21-17(11-25-22(30)26-21)19-10-16(20-24-6-7-28(20)27-19)15-9-14(15)12-3-4-18-13(8-12)2-1-5-23-18/h1-8,10,14-15,17H,9,11H2,(H2,25,26,29,30)/t14-,15+,17?/m1/s1. The quantitative estimate of drug-likeness (QED) is 0.552. The van der Waals surface area contributed by atoms with E-state index in [0.717, 1.165) is 28.5 Å². The van der Waals surface area contributed by atoms with E-state index in [2.05, 4.69) is 50.0 Å². The number of carbonyl (C=O) groups excluding carboxylic acids is 2. The fraction of sp³-hybridized carbons (Fsp3) is 0.227. The molecule has 3 aromatic heterocycles. The summed E-state index contributed by atoms with van der Waals surface area (Å²) in [6.45, 7) is 0.239. The minimum Gasteiger partial charge on any atom is -0.337 e. The van der Waals surface area contributed by atoms with Crippen LogP contribution in [0.1, 0.15) is 41.0 Å². The van der Waals surface area contributed by atoms with Crippen LogP contribution >= 0.6 is 0 Å². The van der Waals surface area contributed by atoms with Crippen LogP contribution in [-0.2, 0) is 4.79 Å². The number of rotatable bonds is 3. The van der Waals surface area contributed by atoms with E-state index in [4.69, 9.17) is 0 Å². The third-order valence-corrected chi connectivity index (χ3v) is 6.03. The largest absolute Gasteiger partial charge is 0.337 e. The van der Waals surface area contributed by atoms with Gasteiger partial charge in [0, 0.05) is 36.1 Å². The number of nitrogens with one attached hydrogen (secondary N) is 2. The van der Waals surface area contributed by atoms with Gasteiger partial charge in [-0.1, -0.05) is 12.1 Å². The average molecular weight is 398 g/mol. The Balaban J connectivity index is 1.37. The molecule has 1 aromatic carbocycles. The number of amides is 3. The summed E-state index contributed by atoms with van der Waals surface area (Å²) >= 11 is 0. The fourth-order valence-electron chi connectivity index (χ4n) is 4.41. The number of fused-ring (bicyclic) bond motifs is 2. The number of imidazole rings is 1. The van der Waals surface area contributed by atoms with E-state index in [1.165, 1.54) is 5.56 Å². The molecule has 0 spiro atoms. The maximum atomic E-state index is 12.3. The molecule has 6 rings (SSSR count). The number of benzene rings is 1. The Hall–Kier alpha value is -3.81. The van der Waals surface area contributed by atoms with Gasteiger partial charge in [0.25, 0.3) is 0 Å². The number of hydrogen-bond donors (Lipinski definition) is 2. The molecular weight excluding hydrogens is 380 g/mol. The van der Waals surface area contributed by atoms with Gasteiger partial charge in [-0.3, -0.25) is 15.1 Å². The zero-order valence-electron chi connectivity index (χ0n) is 15.9. The highest BCUT2D eigenvalue weighted by Gasteiger charge is 2.42. The summed E-state index contributed by atoms with van der Waals surface area (Å²) in [6, 6.07) is 12.0. The number of hydrogen-bond acceptors (Lipinski definition) is 5. The molecule has 4 aromatic rings. The average Bonchev–Trinajstić information content (AvgIpc) is 3.41. The van der Waals surface area contributed by atoms with Crippen molar-refractivity contribution in [2.45, 2.75) is 24.2 Å². The Labute approximate surface area is 171 Å². The van der Waals surface area contributed by atoms with E-state index in [1.54, 1.807) is 23.1 Å². The van der Waals surface area contributed by atoms with Crippen molar-refractivity contribution in [2.24, 2.45) is 0 Å². The molecular formula is C22H18N6O2. The van der Waals surface area contributed by atoms with Gasteiger partial charge < -0.3 is 5.32 Å². The molecule has 2 N–H and O–H groups in total. The second-order valence-electron chi connectivity index (χ2n) is 7.88. The maximum absolute atomic E-state index is 12.3. The zero-order chi connectivity index (χ0) is 20.2. The summed E-state index contributed by atoms with van der Waals surface area (Å²) in [5.41, 5.74) is 4.82. The Morgan fingerprint density at radius 1 is 1.03 bits per heavy atom. The van der Waals surface area contributed by atoms with Crippen molar-refractivity contribution in [3.63, 3.8) is 0 Å². The second-order valence-corrected chi connectivity index (χ2v) is 7.88. The molecule has 2 aliphatic rings. The van der Waals surface area contributed by atoms with Crippen LogP contribution in [0.5, 0.6) is 0 Å². The first-order chi connectivity index (χ1) is 14.7. The molecule has 1 aliphatic carbocycles. The highest BCUT2D eigenvalue weighted by atomic mass is 16.2. The highest BCUT2D eigenvalue weighted by Crippen LogP contribution is 2.55. The van der Waals surface area contributed by atoms with Crippen LogP contribution in [-0.4, -0.2) is 38.1 Å². The van der Waals surface area contributed by atoms with Crippen LogP contribution in [0.25, 0.3) is 16.6 Å². The Morgan fingerprint density at radius 2 is 1.97 bits per heavy atom. The summed E-state index contributed by atoms with van der Waals surface area (Å²) in [5.74, 6) is -0.138. The summed E-state index contributed by atoms with van der Waals surface area (Å²) in [7, 11) is 0. The molecule has 1 saturated carbocycles. The van der Waals surface area contributed by atoms with Crippen molar-refractivity contribution in [1.82, 2.24) is 30.2 Å². The molecule has 3 atom stereocenters. The van der Waals surface area contributed by atoms with Crippen LogP contribution in [0.15, 0.2) is 55.0 Å². The lowest BCUT2D eigenvalue weighted by Crippen LogP contribution is -2.51. The first-order valence-electron chi connectivity index (χ1n) is 9.95. The first-order valence-corrected chi connectivity index (χ1v) is 9.95. The molecule has 0 radical (unpaired) electrons. The van der Waals surface area contributed by atoms with E-state index in [9.17, 15) is 9.59 Å². The van der Waals surface area contributed by atoms with Crippen LogP contribution in [0.3, 0.4) is 0 Å². The number of imide groups is 1. The maximum Gasteiger partial charge on any atom is 0.321 e. The fourth-order valence-corrected chi connectivity index (χ4v) is 4.41. The number of pyridine rings is 1. The smallest absolute Gasteiger partial charge is 0.321 e. The van der Waals surface area contributed by atoms with Gasteiger partial charge in [0.05, 0.1) is 17.1 Å².